The van der Waals surface area contributed by atoms with Crippen LogP contribution in [-0.4, -0.2) is 27.6 Å². The molecule has 25 heavy (non-hydrogen) atoms. The molecule has 0 saturated heterocycles. The van der Waals surface area contributed by atoms with Crippen LogP contribution in [0.4, 0.5) is 0 Å². The lowest BCUT2D eigenvalue weighted by molar-refractivity contribution is 0.0780. The third-order valence-electron chi connectivity index (χ3n) is 4.08. The van der Waals surface area contributed by atoms with Gasteiger partial charge in [-0.2, -0.15) is 5.10 Å². The molecule has 0 radical (unpaired) electrons. The van der Waals surface area contributed by atoms with Crippen LogP contribution < -0.4 is 0 Å². The van der Waals surface area contributed by atoms with Crippen LogP contribution in [0.1, 0.15) is 21.1 Å². The summed E-state index contributed by atoms with van der Waals surface area (Å²) >= 11 is 1.47. The molecule has 0 aliphatic rings. The summed E-state index contributed by atoms with van der Waals surface area (Å²) in [6, 6.07) is 15.6. The average molecular weight is 351 g/mol. The lowest BCUT2D eigenvalue weighted by Crippen LogP contribution is -2.25. The molecule has 1 amide bonds. The normalized spacial score (nSPS) is 11.1. The molecular weight excluding hydrogens is 334 g/mol. The summed E-state index contributed by atoms with van der Waals surface area (Å²) in [5.41, 5.74) is 1.91. The van der Waals surface area contributed by atoms with Gasteiger partial charge in [0.25, 0.3) is 5.91 Å². The molecule has 126 valence electrons. The van der Waals surface area contributed by atoms with Gasteiger partial charge in [-0.15, -0.1) is 11.3 Å². The van der Waals surface area contributed by atoms with Crippen molar-refractivity contribution >= 4 is 27.5 Å². The zero-order valence-corrected chi connectivity index (χ0v) is 14.8. The number of para-hydroxylation sites is 1. The predicted molar refractivity (Wildman–Crippen MR) is 98.2 cm³/mol. The van der Waals surface area contributed by atoms with Gasteiger partial charge in [0.2, 0.25) is 0 Å². The highest BCUT2D eigenvalue weighted by Crippen LogP contribution is 2.31. The smallest absolute Gasteiger partial charge is 0.264 e. The van der Waals surface area contributed by atoms with Crippen LogP contribution in [0.5, 0.6) is 0 Å². The number of benzene rings is 1. The summed E-state index contributed by atoms with van der Waals surface area (Å²) in [4.78, 5) is 16.1. The van der Waals surface area contributed by atoms with Gasteiger partial charge in [0.1, 0.15) is 10.6 Å². The number of aryl methyl sites for hydroxylation is 1. The summed E-state index contributed by atoms with van der Waals surface area (Å²) in [6.45, 7) is 2.42. The van der Waals surface area contributed by atoms with Crippen molar-refractivity contribution in [2.45, 2.75) is 13.5 Å². The molecule has 0 atom stereocenters. The standard InChI is InChI=1S/C19H17N3O2S/c1-13-16-11-17(18(23)21(2)12-15-9-6-10-24-15)25-19(16)22(20-13)14-7-4-3-5-8-14/h3-11H,12H2,1-2H3. The molecule has 0 bridgehead atoms. The lowest BCUT2D eigenvalue weighted by Gasteiger charge is -2.14. The third-order valence-corrected chi connectivity index (χ3v) is 5.17. The Balaban J connectivity index is 1.68. The van der Waals surface area contributed by atoms with Crippen molar-refractivity contribution in [2.24, 2.45) is 0 Å². The van der Waals surface area contributed by atoms with Crippen LogP contribution in [0.15, 0.2) is 59.2 Å². The Morgan fingerprint density at radius 3 is 2.76 bits per heavy atom. The van der Waals surface area contributed by atoms with E-state index in [0.717, 1.165) is 27.4 Å². The Morgan fingerprint density at radius 1 is 1.24 bits per heavy atom. The first-order chi connectivity index (χ1) is 12.1. The molecule has 4 rings (SSSR count). The molecule has 0 saturated carbocycles. The molecule has 6 heteroatoms. The second-order valence-corrected chi connectivity index (χ2v) is 6.93. The highest BCUT2D eigenvalue weighted by Gasteiger charge is 2.20. The van der Waals surface area contributed by atoms with Gasteiger partial charge in [0, 0.05) is 12.4 Å². The highest BCUT2D eigenvalue weighted by atomic mass is 32.1. The average Bonchev–Trinajstić information content (AvgIpc) is 3.34. The van der Waals surface area contributed by atoms with E-state index in [0.29, 0.717) is 11.4 Å². The van der Waals surface area contributed by atoms with Gasteiger partial charge in [-0.1, -0.05) is 18.2 Å². The summed E-state index contributed by atoms with van der Waals surface area (Å²) in [6.07, 6.45) is 1.62. The van der Waals surface area contributed by atoms with Crippen LogP contribution in [0.25, 0.3) is 15.9 Å². The van der Waals surface area contributed by atoms with E-state index >= 15 is 0 Å². The van der Waals surface area contributed by atoms with Crippen LogP contribution in [0, 0.1) is 6.92 Å². The van der Waals surface area contributed by atoms with E-state index in [4.69, 9.17) is 4.42 Å². The molecule has 4 aromatic rings. The number of nitrogens with zero attached hydrogens (tertiary/aromatic N) is 3. The van der Waals surface area contributed by atoms with E-state index in [1.165, 1.54) is 11.3 Å². The van der Waals surface area contributed by atoms with Crippen molar-refractivity contribution in [1.82, 2.24) is 14.7 Å². The van der Waals surface area contributed by atoms with Gasteiger partial charge in [-0.3, -0.25) is 4.79 Å². The Kier molecular flexibility index (Phi) is 3.89. The fourth-order valence-corrected chi connectivity index (χ4v) is 3.97. The maximum Gasteiger partial charge on any atom is 0.264 e. The largest absolute Gasteiger partial charge is 0.467 e. The first kappa shape index (κ1) is 15.7. The number of hydrogen-bond acceptors (Lipinski definition) is 4. The van der Waals surface area contributed by atoms with Gasteiger partial charge < -0.3 is 9.32 Å². The topological polar surface area (TPSA) is 51.3 Å². The maximum atomic E-state index is 12.8. The molecule has 1 aromatic carbocycles. The second kappa shape index (κ2) is 6.22. The number of rotatable bonds is 4. The van der Waals surface area contributed by atoms with E-state index in [1.54, 1.807) is 18.2 Å². The van der Waals surface area contributed by atoms with E-state index < -0.39 is 0 Å². The van der Waals surface area contributed by atoms with Crippen molar-refractivity contribution in [1.29, 1.82) is 0 Å². The predicted octanol–water partition coefficient (Wildman–Crippen LogP) is 4.26. The zero-order chi connectivity index (χ0) is 17.4. The van der Waals surface area contributed by atoms with Crippen LogP contribution in [0.2, 0.25) is 0 Å². The molecule has 0 fully saturated rings. The third kappa shape index (κ3) is 2.85. The number of hydrogen-bond donors (Lipinski definition) is 0. The molecule has 0 N–H and O–H groups in total. The Labute approximate surface area is 149 Å². The minimum Gasteiger partial charge on any atom is -0.467 e. The molecule has 3 aromatic heterocycles. The van der Waals surface area contributed by atoms with Crippen molar-refractivity contribution < 1.29 is 9.21 Å². The summed E-state index contributed by atoms with van der Waals surface area (Å²) in [7, 11) is 1.78. The monoisotopic (exact) mass is 351 g/mol. The minimum atomic E-state index is -0.0170. The molecule has 0 aliphatic heterocycles. The van der Waals surface area contributed by atoms with Crippen molar-refractivity contribution in [3.8, 4) is 5.69 Å². The molecule has 5 nitrogen and oxygen atoms in total. The van der Waals surface area contributed by atoms with E-state index in [9.17, 15) is 4.79 Å². The second-order valence-electron chi connectivity index (χ2n) is 5.90. The molecule has 0 spiro atoms. The molecular formula is C19H17N3O2S. The number of carbonyl (C=O) groups is 1. The number of carbonyl (C=O) groups excluding carboxylic acids is 1. The fraction of sp³-hybridized carbons (Fsp3) is 0.158. The quantitative estimate of drug-likeness (QED) is 0.552. The Morgan fingerprint density at radius 2 is 2.04 bits per heavy atom. The van der Waals surface area contributed by atoms with E-state index in [1.807, 2.05) is 60.1 Å². The lowest BCUT2D eigenvalue weighted by atomic mass is 10.3. The number of aromatic nitrogens is 2. The van der Waals surface area contributed by atoms with E-state index in [-0.39, 0.29) is 5.91 Å². The first-order valence-corrected chi connectivity index (χ1v) is 8.77. The first-order valence-electron chi connectivity index (χ1n) is 7.96. The van der Waals surface area contributed by atoms with Gasteiger partial charge in [0.05, 0.1) is 29.1 Å². The van der Waals surface area contributed by atoms with Gasteiger partial charge in [0.15, 0.2) is 0 Å². The number of thiophene rings is 1. The highest BCUT2D eigenvalue weighted by molar-refractivity contribution is 7.20. The number of fused-ring (bicyclic) bond motifs is 1. The Hall–Kier alpha value is -2.86. The molecule has 3 heterocycles. The van der Waals surface area contributed by atoms with Crippen LogP contribution in [0.3, 0.4) is 0 Å². The van der Waals surface area contributed by atoms with Crippen molar-refractivity contribution in [2.75, 3.05) is 7.05 Å². The number of amides is 1. The molecule has 0 aliphatic carbocycles. The van der Waals surface area contributed by atoms with Gasteiger partial charge in [-0.05, 0) is 37.3 Å². The van der Waals surface area contributed by atoms with Gasteiger partial charge >= 0.3 is 0 Å². The number of furan rings is 1. The SMILES string of the molecule is Cc1nn(-c2ccccc2)c2sc(C(=O)N(C)Cc3ccco3)cc12. The van der Waals surface area contributed by atoms with Crippen LogP contribution in [-0.2, 0) is 6.54 Å². The summed E-state index contributed by atoms with van der Waals surface area (Å²) in [5, 5.41) is 5.63. The summed E-state index contributed by atoms with van der Waals surface area (Å²) < 4.78 is 7.23. The van der Waals surface area contributed by atoms with Crippen molar-refractivity contribution in [3.63, 3.8) is 0 Å². The van der Waals surface area contributed by atoms with Gasteiger partial charge in [-0.25, -0.2) is 4.68 Å². The Bertz CT molecular complexity index is 1020. The minimum absolute atomic E-state index is 0.0170. The van der Waals surface area contributed by atoms with Crippen LogP contribution >= 0.6 is 11.3 Å². The zero-order valence-electron chi connectivity index (χ0n) is 14.0. The summed E-state index contributed by atoms with van der Waals surface area (Å²) in [5.74, 6) is 0.750. The van der Waals surface area contributed by atoms with Crippen molar-refractivity contribution in [3.05, 3.63) is 71.1 Å². The fourth-order valence-electron chi connectivity index (χ4n) is 2.79. The van der Waals surface area contributed by atoms with E-state index in [2.05, 4.69) is 5.10 Å². The maximum absolute atomic E-state index is 12.8. The molecule has 0 unspecified atom stereocenters.